The maximum Gasteiger partial charge on any atom is 0.252 e. The topological polar surface area (TPSA) is 29.1 Å². The van der Waals surface area contributed by atoms with Gasteiger partial charge < -0.3 is 5.32 Å². The van der Waals surface area contributed by atoms with E-state index in [-0.39, 0.29) is 5.91 Å². The van der Waals surface area contributed by atoms with Gasteiger partial charge in [0.2, 0.25) is 0 Å². The van der Waals surface area contributed by atoms with Gasteiger partial charge in [-0.1, -0.05) is 25.8 Å². The molecule has 1 fully saturated rings. The van der Waals surface area contributed by atoms with E-state index in [1.54, 1.807) is 0 Å². The fourth-order valence-corrected chi connectivity index (χ4v) is 3.25. The van der Waals surface area contributed by atoms with Crippen molar-refractivity contribution in [2.75, 3.05) is 0 Å². The van der Waals surface area contributed by atoms with Gasteiger partial charge in [0.1, 0.15) is 0 Å². The molecular weight excluding hydrogens is 290 g/mol. The van der Waals surface area contributed by atoms with E-state index in [4.69, 9.17) is 0 Å². The zero-order valence-electron chi connectivity index (χ0n) is 11.0. The summed E-state index contributed by atoms with van der Waals surface area (Å²) in [7, 11) is 0. The summed E-state index contributed by atoms with van der Waals surface area (Å²) in [5.74, 6) is 0.632. The SMILES string of the molecule is Cc1ccc(C(=O)NC2CCCCC2C)c(Br)c1. The zero-order chi connectivity index (χ0) is 13.1. The van der Waals surface area contributed by atoms with E-state index in [2.05, 4.69) is 28.2 Å². The van der Waals surface area contributed by atoms with Gasteiger partial charge in [0, 0.05) is 10.5 Å². The first-order valence-electron chi connectivity index (χ1n) is 6.65. The van der Waals surface area contributed by atoms with E-state index >= 15 is 0 Å². The molecule has 0 aliphatic heterocycles. The Morgan fingerprint density at radius 2 is 2.06 bits per heavy atom. The van der Waals surface area contributed by atoms with Crippen LogP contribution in [0.4, 0.5) is 0 Å². The molecule has 1 aromatic carbocycles. The van der Waals surface area contributed by atoms with Crippen LogP contribution in [0.25, 0.3) is 0 Å². The Morgan fingerprint density at radius 3 is 2.72 bits per heavy atom. The molecule has 98 valence electrons. The van der Waals surface area contributed by atoms with Crippen molar-refractivity contribution in [2.24, 2.45) is 5.92 Å². The van der Waals surface area contributed by atoms with Crippen LogP contribution in [0.2, 0.25) is 0 Å². The van der Waals surface area contributed by atoms with Gasteiger partial charge in [-0.05, 0) is 59.3 Å². The predicted molar refractivity (Wildman–Crippen MR) is 77.8 cm³/mol. The van der Waals surface area contributed by atoms with Crippen LogP contribution in [0.3, 0.4) is 0 Å². The Hall–Kier alpha value is -0.830. The average molecular weight is 310 g/mol. The van der Waals surface area contributed by atoms with Crippen LogP contribution in [0.15, 0.2) is 22.7 Å². The molecule has 0 saturated heterocycles. The molecule has 1 N–H and O–H groups in total. The molecule has 1 amide bonds. The van der Waals surface area contributed by atoms with Gasteiger partial charge in [0.25, 0.3) is 5.91 Å². The van der Waals surface area contributed by atoms with Gasteiger partial charge in [0.15, 0.2) is 0 Å². The second kappa shape index (κ2) is 5.87. The van der Waals surface area contributed by atoms with E-state index in [1.165, 1.54) is 19.3 Å². The molecule has 0 spiro atoms. The average Bonchev–Trinajstić information content (AvgIpc) is 2.32. The summed E-state index contributed by atoms with van der Waals surface area (Å²) >= 11 is 3.47. The number of nitrogens with one attached hydrogen (secondary N) is 1. The van der Waals surface area contributed by atoms with Gasteiger partial charge in [-0.3, -0.25) is 4.79 Å². The Kier molecular flexibility index (Phi) is 4.44. The Labute approximate surface area is 117 Å². The number of halogens is 1. The number of hydrogen-bond acceptors (Lipinski definition) is 1. The van der Waals surface area contributed by atoms with E-state index in [9.17, 15) is 4.79 Å². The molecule has 2 atom stereocenters. The molecular formula is C15H20BrNO. The molecule has 0 bridgehead atoms. The van der Waals surface area contributed by atoms with Crippen LogP contribution >= 0.6 is 15.9 Å². The lowest BCUT2D eigenvalue weighted by Crippen LogP contribution is -2.41. The molecule has 2 unspecified atom stereocenters. The van der Waals surface area contributed by atoms with Crippen molar-refractivity contribution in [1.82, 2.24) is 5.32 Å². The minimum atomic E-state index is 0.0422. The van der Waals surface area contributed by atoms with E-state index in [0.29, 0.717) is 12.0 Å². The first kappa shape index (κ1) is 13.6. The van der Waals surface area contributed by atoms with Crippen LogP contribution in [-0.2, 0) is 0 Å². The lowest BCUT2D eigenvalue weighted by molar-refractivity contribution is 0.0909. The maximum atomic E-state index is 12.2. The highest BCUT2D eigenvalue weighted by atomic mass is 79.9. The van der Waals surface area contributed by atoms with Crippen molar-refractivity contribution in [3.63, 3.8) is 0 Å². The van der Waals surface area contributed by atoms with Crippen molar-refractivity contribution < 1.29 is 4.79 Å². The fraction of sp³-hybridized carbons (Fsp3) is 0.533. The summed E-state index contributed by atoms with van der Waals surface area (Å²) in [4.78, 5) is 12.2. The van der Waals surface area contributed by atoms with E-state index in [1.807, 2.05) is 25.1 Å². The molecule has 1 aliphatic rings. The molecule has 1 aromatic rings. The fourth-order valence-electron chi connectivity index (χ4n) is 2.58. The third-order valence-corrected chi connectivity index (χ3v) is 4.45. The molecule has 2 rings (SSSR count). The van der Waals surface area contributed by atoms with Gasteiger partial charge in [0.05, 0.1) is 5.56 Å². The highest BCUT2D eigenvalue weighted by Gasteiger charge is 2.23. The molecule has 0 heterocycles. The van der Waals surface area contributed by atoms with Gasteiger partial charge in [-0.2, -0.15) is 0 Å². The largest absolute Gasteiger partial charge is 0.349 e. The minimum Gasteiger partial charge on any atom is -0.349 e. The first-order chi connectivity index (χ1) is 8.58. The van der Waals surface area contributed by atoms with Crippen LogP contribution in [0.1, 0.15) is 48.5 Å². The summed E-state index contributed by atoms with van der Waals surface area (Å²) in [6.07, 6.45) is 4.85. The van der Waals surface area contributed by atoms with Crippen LogP contribution in [-0.4, -0.2) is 11.9 Å². The molecule has 3 heteroatoms. The Morgan fingerprint density at radius 1 is 1.33 bits per heavy atom. The van der Waals surface area contributed by atoms with Crippen LogP contribution < -0.4 is 5.32 Å². The highest BCUT2D eigenvalue weighted by molar-refractivity contribution is 9.10. The van der Waals surface area contributed by atoms with Crippen molar-refractivity contribution in [2.45, 2.75) is 45.6 Å². The summed E-state index contributed by atoms with van der Waals surface area (Å²) in [5, 5.41) is 3.18. The summed E-state index contributed by atoms with van der Waals surface area (Å²) in [5.41, 5.74) is 1.89. The standard InChI is InChI=1S/C15H20BrNO/c1-10-7-8-12(13(16)9-10)15(18)17-14-6-4-3-5-11(14)2/h7-9,11,14H,3-6H2,1-2H3,(H,17,18). The number of hydrogen-bond donors (Lipinski definition) is 1. The number of carbonyl (C=O) groups excluding carboxylic acids is 1. The van der Waals surface area contributed by atoms with Crippen molar-refractivity contribution >= 4 is 21.8 Å². The van der Waals surface area contributed by atoms with Crippen LogP contribution in [0.5, 0.6) is 0 Å². The Bertz CT molecular complexity index is 444. The maximum absolute atomic E-state index is 12.2. The molecule has 2 nitrogen and oxygen atoms in total. The molecule has 0 radical (unpaired) electrons. The number of carbonyl (C=O) groups is 1. The lowest BCUT2D eigenvalue weighted by atomic mass is 9.86. The summed E-state index contributed by atoms with van der Waals surface area (Å²) in [6.45, 7) is 4.25. The molecule has 1 aliphatic carbocycles. The molecule has 1 saturated carbocycles. The van der Waals surface area contributed by atoms with Crippen molar-refractivity contribution in [1.29, 1.82) is 0 Å². The predicted octanol–water partition coefficient (Wildman–Crippen LogP) is 4.07. The van der Waals surface area contributed by atoms with Gasteiger partial charge >= 0.3 is 0 Å². The summed E-state index contributed by atoms with van der Waals surface area (Å²) in [6, 6.07) is 6.19. The smallest absolute Gasteiger partial charge is 0.252 e. The van der Waals surface area contributed by atoms with Crippen LogP contribution in [0, 0.1) is 12.8 Å². The quantitative estimate of drug-likeness (QED) is 0.876. The van der Waals surface area contributed by atoms with Gasteiger partial charge in [-0.25, -0.2) is 0 Å². The third kappa shape index (κ3) is 3.14. The van der Waals surface area contributed by atoms with E-state index in [0.717, 1.165) is 22.0 Å². The number of benzene rings is 1. The minimum absolute atomic E-state index is 0.0422. The monoisotopic (exact) mass is 309 g/mol. The summed E-state index contributed by atoms with van der Waals surface area (Å²) < 4.78 is 0.878. The van der Waals surface area contributed by atoms with Crippen molar-refractivity contribution in [3.05, 3.63) is 33.8 Å². The molecule has 18 heavy (non-hydrogen) atoms. The second-order valence-corrected chi connectivity index (χ2v) is 6.18. The molecule has 0 aromatic heterocycles. The van der Waals surface area contributed by atoms with Gasteiger partial charge in [-0.15, -0.1) is 0 Å². The Balaban J connectivity index is 2.07. The highest BCUT2D eigenvalue weighted by Crippen LogP contribution is 2.25. The lowest BCUT2D eigenvalue weighted by Gasteiger charge is -2.29. The zero-order valence-corrected chi connectivity index (χ0v) is 12.6. The number of aryl methyl sites for hydroxylation is 1. The first-order valence-corrected chi connectivity index (χ1v) is 7.44. The van der Waals surface area contributed by atoms with Crippen molar-refractivity contribution in [3.8, 4) is 0 Å². The number of amides is 1. The van der Waals surface area contributed by atoms with E-state index < -0.39 is 0 Å². The second-order valence-electron chi connectivity index (χ2n) is 5.32. The normalized spacial score (nSPS) is 23.7. The number of rotatable bonds is 2. The third-order valence-electron chi connectivity index (χ3n) is 3.80.